The Hall–Kier alpha value is -2.49. The minimum absolute atomic E-state index is 0.0651. The molecule has 3 rings (SSSR count). The highest BCUT2D eigenvalue weighted by Gasteiger charge is 2.38. The molecule has 1 aromatic heterocycles. The number of β-amino-alcohol motifs (C(OH)–C–C–N with tert-alkyl or cyclic N) is 1. The molecule has 1 saturated heterocycles. The predicted octanol–water partition coefficient (Wildman–Crippen LogP) is 0.356. The molecule has 1 aliphatic heterocycles. The number of nitrogens with zero attached hydrogens (tertiary/aromatic N) is 4. The van der Waals surface area contributed by atoms with E-state index in [0.29, 0.717) is 23.9 Å². The Morgan fingerprint density at radius 3 is 2.82 bits per heavy atom. The fourth-order valence-corrected chi connectivity index (χ4v) is 3.23. The Kier molecular flexibility index (Phi) is 6.61. The third-order valence-electron chi connectivity index (χ3n) is 4.46. The molecule has 2 heterocycles. The molecule has 2 aromatic rings. The van der Waals surface area contributed by atoms with Crippen molar-refractivity contribution >= 4 is 23.4 Å². The second-order valence-corrected chi connectivity index (χ2v) is 7.07. The van der Waals surface area contributed by atoms with Gasteiger partial charge in [0, 0.05) is 31.6 Å². The van der Waals surface area contributed by atoms with Crippen LogP contribution in [0.1, 0.15) is 17.7 Å². The lowest BCUT2D eigenvalue weighted by molar-refractivity contribution is -0.139. The number of amides is 2. The van der Waals surface area contributed by atoms with Crippen LogP contribution in [-0.4, -0.2) is 62.6 Å². The number of halogens is 1. The first-order chi connectivity index (χ1) is 13.5. The largest absolute Gasteiger partial charge is 0.391 e. The summed E-state index contributed by atoms with van der Waals surface area (Å²) in [6, 6.07) is 6.40. The molecule has 28 heavy (non-hydrogen) atoms. The number of ether oxygens (including phenoxy) is 1. The summed E-state index contributed by atoms with van der Waals surface area (Å²) in [6.45, 7) is 0.655. The summed E-state index contributed by atoms with van der Waals surface area (Å²) < 4.78 is 6.37. The number of methoxy groups -OCH3 is 1. The Bertz CT molecular complexity index is 826. The lowest BCUT2D eigenvalue weighted by atomic mass is 10.1. The minimum atomic E-state index is -0.741. The minimum Gasteiger partial charge on any atom is -0.391 e. The predicted molar refractivity (Wildman–Crippen MR) is 100 cm³/mol. The third kappa shape index (κ3) is 5.06. The number of hydrogen-bond acceptors (Lipinski definition) is 6. The number of rotatable bonds is 7. The Morgan fingerprint density at radius 2 is 2.11 bits per heavy atom. The molecule has 1 fully saturated rings. The number of likely N-dealkylation sites (tertiary alicyclic amines) is 1. The maximum Gasteiger partial charge on any atom is 0.245 e. The van der Waals surface area contributed by atoms with Gasteiger partial charge in [0.2, 0.25) is 11.8 Å². The van der Waals surface area contributed by atoms with Gasteiger partial charge in [-0.3, -0.25) is 9.59 Å². The van der Waals surface area contributed by atoms with E-state index in [1.807, 2.05) is 12.1 Å². The third-order valence-corrected chi connectivity index (χ3v) is 4.71. The highest BCUT2D eigenvalue weighted by atomic mass is 35.5. The van der Waals surface area contributed by atoms with E-state index in [-0.39, 0.29) is 31.3 Å². The number of aromatic nitrogens is 3. The van der Waals surface area contributed by atoms with Gasteiger partial charge in [0.25, 0.3) is 0 Å². The molecular formula is C18H22ClN5O4. The van der Waals surface area contributed by atoms with Crippen molar-refractivity contribution < 1.29 is 19.4 Å². The van der Waals surface area contributed by atoms with Crippen LogP contribution in [0, 0.1) is 0 Å². The average Bonchev–Trinajstić information content (AvgIpc) is 3.27. The fraction of sp³-hybridized carbons (Fsp3) is 0.444. The number of carbonyl (C=O) groups excluding carboxylic acids is 2. The molecule has 0 unspecified atom stereocenters. The molecule has 0 saturated carbocycles. The molecular weight excluding hydrogens is 386 g/mol. The van der Waals surface area contributed by atoms with Crippen LogP contribution < -0.4 is 5.32 Å². The summed E-state index contributed by atoms with van der Waals surface area (Å²) in [5.41, 5.74) is 1.50. The van der Waals surface area contributed by atoms with Crippen LogP contribution in [0.15, 0.2) is 30.5 Å². The number of carbonyl (C=O) groups is 2. The molecule has 0 spiro atoms. The van der Waals surface area contributed by atoms with Crippen LogP contribution >= 0.6 is 11.6 Å². The summed E-state index contributed by atoms with van der Waals surface area (Å²) in [4.78, 5) is 26.6. The monoisotopic (exact) mass is 407 g/mol. The molecule has 2 N–H and O–H groups in total. The molecule has 1 aromatic carbocycles. The standard InChI is InChI=1S/C18H22ClN5O4/c1-28-11-14-8-23(22-21-14)10-17(26)24-9-15(25)6-16(24)18(27)20-7-12-2-4-13(19)5-3-12/h2-5,8,15-16,25H,6-7,9-11H2,1H3,(H,20,27)/t15-,16+/m1/s1. The number of aliphatic hydroxyl groups excluding tert-OH is 1. The van der Waals surface area contributed by atoms with Crippen molar-refractivity contribution in [3.8, 4) is 0 Å². The van der Waals surface area contributed by atoms with E-state index in [1.54, 1.807) is 25.4 Å². The SMILES string of the molecule is COCc1cn(CC(=O)N2C[C@H](O)C[C@H]2C(=O)NCc2ccc(Cl)cc2)nn1. The van der Waals surface area contributed by atoms with Crippen LogP contribution in [-0.2, 0) is 34.0 Å². The van der Waals surface area contributed by atoms with E-state index in [0.717, 1.165) is 5.56 Å². The van der Waals surface area contributed by atoms with Gasteiger partial charge in [-0.15, -0.1) is 5.10 Å². The number of hydrogen-bond donors (Lipinski definition) is 2. The maximum absolute atomic E-state index is 12.7. The molecule has 150 valence electrons. The quantitative estimate of drug-likeness (QED) is 0.685. The van der Waals surface area contributed by atoms with E-state index >= 15 is 0 Å². The topological polar surface area (TPSA) is 110 Å². The van der Waals surface area contributed by atoms with E-state index in [4.69, 9.17) is 16.3 Å². The van der Waals surface area contributed by atoms with Crippen molar-refractivity contribution in [2.45, 2.75) is 38.3 Å². The first kappa shape index (κ1) is 20.2. The molecule has 2 atom stereocenters. The van der Waals surface area contributed by atoms with Crippen molar-refractivity contribution in [3.63, 3.8) is 0 Å². The van der Waals surface area contributed by atoms with E-state index in [9.17, 15) is 14.7 Å². The van der Waals surface area contributed by atoms with Gasteiger partial charge in [-0.25, -0.2) is 4.68 Å². The average molecular weight is 408 g/mol. The van der Waals surface area contributed by atoms with Crippen LogP contribution in [0.4, 0.5) is 0 Å². The Balaban J connectivity index is 1.59. The van der Waals surface area contributed by atoms with Gasteiger partial charge in [0.15, 0.2) is 0 Å². The zero-order valence-electron chi connectivity index (χ0n) is 15.4. The Labute approximate surface area is 167 Å². The molecule has 0 radical (unpaired) electrons. The zero-order valence-corrected chi connectivity index (χ0v) is 16.2. The van der Waals surface area contributed by atoms with Crippen molar-refractivity contribution in [1.29, 1.82) is 0 Å². The molecule has 9 nitrogen and oxygen atoms in total. The molecule has 10 heteroatoms. The molecule has 0 bridgehead atoms. The second-order valence-electron chi connectivity index (χ2n) is 6.64. The summed E-state index contributed by atoms with van der Waals surface area (Å²) in [5, 5.41) is 21.2. The molecule has 2 amide bonds. The summed E-state index contributed by atoms with van der Waals surface area (Å²) in [7, 11) is 1.54. The van der Waals surface area contributed by atoms with Crippen LogP contribution in [0.5, 0.6) is 0 Å². The highest BCUT2D eigenvalue weighted by Crippen LogP contribution is 2.19. The number of benzene rings is 1. The van der Waals surface area contributed by atoms with Gasteiger partial charge in [0.1, 0.15) is 18.3 Å². The van der Waals surface area contributed by atoms with Crippen molar-refractivity contribution in [2.24, 2.45) is 0 Å². The molecule has 0 aliphatic carbocycles. The lowest BCUT2D eigenvalue weighted by Crippen LogP contribution is -2.46. The fourth-order valence-electron chi connectivity index (χ4n) is 3.11. The summed E-state index contributed by atoms with van der Waals surface area (Å²) >= 11 is 5.86. The zero-order chi connectivity index (χ0) is 20.1. The van der Waals surface area contributed by atoms with Gasteiger partial charge in [-0.2, -0.15) is 0 Å². The van der Waals surface area contributed by atoms with Gasteiger partial charge in [0.05, 0.1) is 18.9 Å². The highest BCUT2D eigenvalue weighted by molar-refractivity contribution is 6.30. The van der Waals surface area contributed by atoms with Crippen LogP contribution in [0.2, 0.25) is 5.02 Å². The van der Waals surface area contributed by atoms with Crippen molar-refractivity contribution in [3.05, 3.63) is 46.7 Å². The first-order valence-electron chi connectivity index (χ1n) is 8.84. The van der Waals surface area contributed by atoms with Gasteiger partial charge < -0.3 is 20.1 Å². The summed E-state index contributed by atoms with van der Waals surface area (Å²) in [5.74, 6) is -0.615. The van der Waals surface area contributed by atoms with Crippen LogP contribution in [0.3, 0.4) is 0 Å². The smallest absolute Gasteiger partial charge is 0.245 e. The number of nitrogens with one attached hydrogen (secondary N) is 1. The van der Waals surface area contributed by atoms with E-state index in [2.05, 4.69) is 15.6 Å². The second kappa shape index (κ2) is 9.13. The van der Waals surface area contributed by atoms with Gasteiger partial charge in [-0.1, -0.05) is 28.9 Å². The normalized spacial score (nSPS) is 19.0. The van der Waals surface area contributed by atoms with Gasteiger partial charge >= 0.3 is 0 Å². The summed E-state index contributed by atoms with van der Waals surface area (Å²) in [6.07, 6.45) is 1.07. The first-order valence-corrected chi connectivity index (χ1v) is 9.21. The van der Waals surface area contributed by atoms with Crippen molar-refractivity contribution in [1.82, 2.24) is 25.2 Å². The number of aliphatic hydroxyl groups is 1. The molecule has 1 aliphatic rings. The maximum atomic E-state index is 12.7. The van der Waals surface area contributed by atoms with E-state index < -0.39 is 12.1 Å². The van der Waals surface area contributed by atoms with Crippen LogP contribution in [0.25, 0.3) is 0 Å². The van der Waals surface area contributed by atoms with Crippen molar-refractivity contribution in [2.75, 3.05) is 13.7 Å². The van der Waals surface area contributed by atoms with Gasteiger partial charge in [-0.05, 0) is 17.7 Å². The van der Waals surface area contributed by atoms with E-state index in [1.165, 1.54) is 9.58 Å². The lowest BCUT2D eigenvalue weighted by Gasteiger charge is -2.23. The Morgan fingerprint density at radius 1 is 1.36 bits per heavy atom.